The Morgan fingerprint density at radius 3 is 2.87 bits per heavy atom. The predicted octanol–water partition coefficient (Wildman–Crippen LogP) is 1.40. The molecule has 0 aromatic heterocycles. The molecule has 0 fully saturated rings. The second-order valence-electron chi connectivity index (χ2n) is 3.09. The summed E-state index contributed by atoms with van der Waals surface area (Å²) in [4.78, 5) is 21.8. The highest BCUT2D eigenvalue weighted by Gasteiger charge is 2.19. The molecule has 1 heterocycles. The van der Waals surface area contributed by atoms with Gasteiger partial charge in [0.2, 0.25) is 5.91 Å². The van der Waals surface area contributed by atoms with Crippen LogP contribution in [0.25, 0.3) is 0 Å². The summed E-state index contributed by atoms with van der Waals surface area (Å²) in [5, 5.41) is 14.4. The summed E-state index contributed by atoms with van der Waals surface area (Å²) in [5.41, 5.74) is 1.00. The Morgan fingerprint density at radius 2 is 2.20 bits per heavy atom. The number of carbonyl (C=O) groups is 2. The summed E-state index contributed by atoms with van der Waals surface area (Å²) in [6.07, 6.45) is 0. The molecule has 1 aliphatic heterocycles. The average molecular weight is 227 g/mol. The first-order valence-electron chi connectivity index (χ1n) is 4.18. The first-order valence-corrected chi connectivity index (χ1v) is 4.56. The molecule has 0 spiro atoms. The Kier molecular flexibility index (Phi) is 2.24. The van der Waals surface area contributed by atoms with Crippen LogP contribution < -0.4 is 10.6 Å². The standard InChI is InChI=1S/C9H7ClN2O3/c10-5-1-4(9(14)15)2-6-8(5)11-3-7(13)12-6/h1-2,11H,3H2,(H,12,13)(H,14,15). The fourth-order valence-electron chi connectivity index (χ4n) is 1.37. The number of carboxylic acid groups (broad SMARTS) is 1. The normalized spacial score (nSPS) is 13.8. The van der Waals surface area contributed by atoms with E-state index in [4.69, 9.17) is 16.7 Å². The van der Waals surface area contributed by atoms with Crippen LogP contribution in [0.2, 0.25) is 5.02 Å². The number of fused-ring (bicyclic) bond motifs is 1. The molecule has 5 nitrogen and oxygen atoms in total. The highest BCUT2D eigenvalue weighted by molar-refractivity contribution is 6.34. The molecule has 0 bridgehead atoms. The molecule has 1 aliphatic rings. The molecule has 15 heavy (non-hydrogen) atoms. The number of aromatic carboxylic acids is 1. The van der Waals surface area contributed by atoms with Gasteiger partial charge in [0.25, 0.3) is 0 Å². The van der Waals surface area contributed by atoms with Gasteiger partial charge in [-0.3, -0.25) is 4.79 Å². The zero-order chi connectivity index (χ0) is 11.0. The maximum atomic E-state index is 11.1. The van der Waals surface area contributed by atoms with Gasteiger partial charge in [-0.25, -0.2) is 4.79 Å². The maximum Gasteiger partial charge on any atom is 0.335 e. The van der Waals surface area contributed by atoms with Crippen molar-refractivity contribution in [3.63, 3.8) is 0 Å². The van der Waals surface area contributed by atoms with Crippen LogP contribution in [0.15, 0.2) is 12.1 Å². The summed E-state index contributed by atoms with van der Waals surface area (Å²) < 4.78 is 0. The molecular weight excluding hydrogens is 220 g/mol. The average Bonchev–Trinajstić information content (AvgIpc) is 2.16. The molecule has 3 N–H and O–H groups in total. The molecule has 2 rings (SSSR count). The zero-order valence-electron chi connectivity index (χ0n) is 7.50. The summed E-state index contributed by atoms with van der Waals surface area (Å²) in [6, 6.07) is 2.71. The third-order valence-corrected chi connectivity index (χ3v) is 2.34. The predicted molar refractivity (Wildman–Crippen MR) is 55.5 cm³/mol. The molecule has 1 aromatic carbocycles. The number of amides is 1. The van der Waals surface area contributed by atoms with Crippen molar-refractivity contribution < 1.29 is 14.7 Å². The third kappa shape index (κ3) is 1.73. The van der Waals surface area contributed by atoms with Crippen LogP contribution >= 0.6 is 11.6 Å². The van der Waals surface area contributed by atoms with E-state index < -0.39 is 5.97 Å². The monoisotopic (exact) mass is 226 g/mol. The minimum absolute atomic E-state index is 0.0442. The molecule has 1 amide bonds. The summed E-state index contributed by atoms with van der Waals surface area (Å²) in [6.45, 7) is 0.138. The highest BCUT2D eigenvalue weighted by atomic mass is 35.5. The van der Waals surface area contributed by atoms with Crippen LogP contribution in [0.1, 0.15) is 10.4 Å². The molecular formula is C9H7ClN2O3. The van der Waals surface area contributed by atoms with Gasteiger partial charge >= 0.3 is 5.97 Å². The van der Waals surface area contributed by atoms with Crippen molar-refractivity contribution in [1.29, 1.82) is 0 Å². The fraction of sp³-hybridized carbons (Fsp3) is 0.111. The number of rotatable bonds is 1. The number of carboxylic acids is 1. The van der Waals surface area contributed by atoms with Gasteiger partial charge in [0, 0.05) is 0 Å². The number of hydrogen-bond acceptors (Lipinski definition) is 3. The fourth-order valence-corrected chi connectivity index (χ4v) is 1.66. The van der Waals surface area contributed by atoms with Crippen LogP contribution in [0, 0.1) is 0 Å². The Labute approximate surface area is 90.0 Å². The number of hydrogen-bond donors (Lipinski definition) is 3. The SMILES string of the molecule is O=C1CNc2c(Cl)cc(C(=O)O)cc2N1. The molecule has 0 saturated carbocycles. The third-order valence-electron chi connectivity index (χ3n) is 2.04. The van der Waals surface area contributed by atoms with Gasteiger partial charge in [-0.15, -0.1) is 0 Å². The lowest BCUT2D eigenvalue weighted by atomic mass is 10.1. The molecule has 6 heteroatoms. The molecule has 0 aliphatic carbocycles. The van der Waals surface area contributed by atoms with Gasteiger partial charge in [0.1, 0.15) is 0 Å². The first kappa shape index (κ1) is 9.79. The van der Waals surface area contributed by atoms with Crippen LogP contribution in [0.4, 0.5) is 11.4 Å². The molecule has 1 aromatic rings. The van der Waals surface area contributed by atoms with Crippen LogP contribution in [-0.4, -0.2) is 23.5 Å². The van der Waals surface area contributed by atoms with E-state index in [9.17, 15) is 9.59 Å². The van der Waals surface area contributed by atoms with Crippen molar-refractivity contribution in [1.82, 2.24) is 0 Å². The second kappa shape index (κ2) is 3.43. The topological polar surface area (TPSA) is 78.4 Å². The van der Waals surface area contributed by atoms with E-state index in [-0.39, 0.29) is 23.0 Å². The lowest BCUT2D eigenvalue weighted by Crippen LogP contribution is -2.27. The number of halogens is 1. The molecule has 0 atom stereocenters. The summed E-state index contributed by atoms with van der Waals surface area (Å²) in [5.74, 6) is -1.30. The van der Waals surface area contributed by atoms with Gasteiger partial charge in [-0.1, -0.05) is 11.6 Å². The van der Waals surface area contributed by atoms with Crippen LogP contribution in [0.3, 0.4) is 0 Å². The van der Waals surface area contributed by atoms with E-state index in [0.29, 0.717) is 11.4 Å². The molecule has 0 unspecified atom stereocenters. The van der Waals surface area contributed by atoms with Gasteiger partial charge in [0.05, 0.1) is 28.5 Å². The van der Waals surface area contributed by atoms with E-state index in [1.54, 1.807) is 0 Å². The quantitative estimate of drug-likeness (QED) is 0.676. The number of carbonyl (C=O) groups excluding carboxylic acids is 1. The Balaban J connectivity index is 2.53. The van der Waals surface area contributed by atoms with Gasteiger partial charge in [-0.05, 0) is 12.1 Å². The largest absolute Gasteiger partial charge is 0.478 e. The Bertz CT molecular complexity index is 459. The Morgan fingerprint density at radius 1 is 1.47 bits per heavy atom. The maximum absolute atomic E-state index is 11.1. The minimum atomic E-state index is -1.08. The van der Waals surface area contributed by atoms with E-state index in [2.05, 4.69) is 10.6 Å². The molecule has 78 valence electrons. The van der Waals surface area contributed by atoms with Crippen molar-refractivity contribution in [2.75, 3.05) is 17.2 Å². The lowest BCUT2D eigenvalue weighted by molar-refractivity contribution is -0.114. The van der Waals surface area contributed by atoms with E-state index in [1.807, 2.05) is 0 Å². The molecule has 0 radical (unpaired) electrons. The van der Waals surface area contributed by atoms with Gasteiger partial charge < -0.3 is 15.7 Å². The highest BCUT2D eigenvalue weighted by Crippen LogP contribution is 2.33. The Hall–Kier alpha value is -1.75. The summed E-state index contributed by atoms with van der Waals surface area (Å²) >= 11 is 5.86. The van der Waals surface area contributed by atoms with Crippen molar-refractivity contribution in [3.8, 4) is 0 Å². The van der Waals surface area contributed by atoms with E-state index in [0.717, 1.165) is 0 Å². The van der Waals surface area contributed by atoms with Gasteiger partial charge in [0.15, 0.2) is 0 Å². The van der Waals surface area contributed by atoms with E-state index >= 15 is 0 Å². The van der Waals surface area contributed by atoms with Crippen LogP contribution in [-0.2, 0) is 4.79 Å². The smallest absolute Gasteiger partial charge is 0.335 e. The second-order valence-corrected chi connectivity index (χ2v) is 3.49. The number of anilines is 2. The summed E-state index contributed by atoms with van der Waals surface area (Å²) in [7, 11) is 0. The zero-order valence-corrected chi connectivity index (χ0v) is 8.26. The van der Waals surface area contributed by atoms with Gasteiger partial charge in [-0.2, -0.15) is 0 Å². The van der Waals surface area contributed by atoms with Crippen molar-refractivity contribution in [2.24, 2.45) is 0 Å². The van der Waals surface area contributed by atoms with Crippen LogP contribution in [0.5, 0.6) is 0 Å². The number of nitrogens with one attached hydrogen (secondary N) is 2. The first-order chi connectivity index (χ1) is 7.08. The van der Waals surface area contributed by atoms with Crippen molar-refractivity contribution >= 4 is 34.9 Å². The minimum Gasteiger partial charge on any atom is -0.478 e. The van der Waals surface area contributed by atoms with Crippen molar-refractivity contribution in [3.05, 3.63) is 22.7 Å². The number of benzene rings is 1. The van der Waals surface area contributed by atoms with E-state index in [1.165, 1.54) is 12.1 Å². The molecule has 0 saturated heterocycles. The lowest BCUT2D eigenvalue weighted by Gasteiger charge is -2.20. The van der Waals surface area contributed by atoms with Crippen molar-refractivity contribution in [2.45, 2.75) is 0 Å².